The topological polar surface area (TPSA) is 0 Å². The molecule has 1 saturated carbocycles. The molecule has 9 heavy (non-hydrogen) atoms. The summed E-state index contributed by atoms with van der Waals surface area (Å²) in [5.74, 6) is 0. The molecule has 58 valence electrons. The standard InChI is InChI=1S/C7H14.CH4.H3P/c1-7(2)5-3-4-6-7;;/h3-6H2,1-2H3;1H4;1H3. The molecule has 1 aliphatic rings. The van der Waals surface area contributed by atoms with Crippen LogP contribution in [0.15, 0.2) is 0 Å². The van der Waals surface area contributed by atoms with Gasteiger partial charge in [0.15, 0.2) is 0 Å². The van der Waals surface area contributed by atoms with Crippen LogP contribution in [0.3, 0.4) is 0 Å². The fourth-order valence-corrected chi connectivity index (χ4v) is 1.33. The van der Waals surface area contributed by atoms with Crippen LogP contribution in [0.4, 0.5) is 0 Å². The van der Waals surface area contributed by atoms with E-state index >= 15 is 0 Å². The van der Waals surface area contributed by atoms with E-state index in [2.05, 4.69) is 13.8 Å². The quantitative estimate of drug-likeness (QED) is 0.462. The molecule has 0 heterocycles. The summed E-state index contributed by atoms with van der Waals surface area (Å²) in [6.45, 7) is 4.72. The minimum atomic E-state index is 0. The summed E-state index contributed by atoms with van der Waals surface area (Å²) < 4.78 is 0. The van der Waals surface area contributed by atoms with Crippen molar-refractivity contribution in [3.05, 3.63) is 0 Å². The second-order valence-corrected chi connectivity index (χ2v) is 3.37. The van der Waals surface area contributed by atoms with Gasteiger partial charge in [0.1, 0.15) is 0 Å². The van der Waals surface area contributed by atoms with Crippen molar-refractivity contribution in [2.75, 3.05) is 0 Å². The molecule has 1 atom stereocenters. The highest BCUT2D eigenvalue weighted by Crippen LogP contribution is 2.36. The molecule has 1 fully saturated rings. The van der Waals surface area contributed by atoms with Crippen molar-refractivity contribution in [1.82, 2.24) is 0 Å². The van der Waals surface area contributed by atoms with Crippen LogP contribution < -0.4 is 0 Å². The van der Waals surface area contributed by atoms with Gasteiger partial charge in [0.2, 0.25) is 0 Å². The molecule has 0 radical (unpaired) electrons. The third-order valence-electron chi connectivity index (χ3n) is 1.96. The van der Waals surface area contributed by atoms with Crippen LogP contribution in [0.25, 0.3) is 0 Å². The van der Waals surface area contributed by atoms with Crippen LogP contribution in [0, 0.1) is 5.41 Å². The second kappa shape index (κ2) is 4.28. The van der Waals surface area contributed by atoms with E-state index < -0.39 is 0 Å². The highest BCUT2D eigenvalue weighted by Gasteiger charge is 2.21. The molecule has 0 aliphatic heterocycles. The van der Waals surface area contributed by atoms with E-state index in [0.717, 1.165) is 0 Å². The molecule has 0 aromatic carbocycles. The smallest absolute Gasteiger partial charge is 0.0354 e. The fraction of sp³-hybridized carbons (Fsp3) is 1.00. The SMILES string of the molecule is C.CC1(C)CCCC1.P. The first-order chi connectivity index (χ1) is 3.21. The van der Waals surface area contributed by atoms with E-state index in [1.807, 2.05) is 0 Å². The summed E-state index contributed by atoms with van der Waals surface area (Å²) in [7, 11) is 0. The zero-order chi connectivity index (χ0) is 5.33. The Kier molecular flexibility index (Phi) is 5.77. The molecule has 0 bridgehead atoms. The molecule has 1 heteroatoms. The molecule has 0 nitrogen and oxygen atoms in total. The third kappa shape index (κ3) is 3.92. The Balaban J connectivity index is 0. The molecule has 1 aliphatic carbocycles. The van der Waals surface area contributed by atoms with Gasteiger partial charge in [-0.15, -0.1) is 0 Å². The van der Waals surface area contributed by atoms with Crippen molar-refractivity contribution in [2.45, 2.75) is 47.0 Å². The zero-order valence-electron chi connectivity index (χ0n) is 6.04. The Bertz CT molecular complexity index is 59.0. The van der Waals surface area contributed by atoms with Crippen molar-refractivity contribution in [2.24, 2.45) is 5.41 Å². The number of hydrogen-bond acceptors (Lipinski definition) is 0. The van der Waals surface area contributed by atoms with Crippen LogP contribution in [-0.2, 0) is 0 Å². The van der Waals surface area contributed by atoms with E-state index in [0.29, 0.717) is 5.41 Å². The van der Waals surface area contributed by atoms with E-state index in [4.69, 9.17) is 0 Å². The van der Waals surface area contributed by atoms with Crippen LogP contribution >= 0.6 is 9.90 Å². The lowest BCUT2D eigenvalue weighted by Gasteiger charge is -2.13. The molecule has 0 saturated heterocycles. The average Bonchev–Trinajstić information content (AvgIpc) is 1.84. The maximum Gasteiger partial charge on any atom is -0.0354 e. The summed E-state index contributed by atoms with van der Waals surface area (Å²) in [5.41, 5.74) is 0.694. The number of hydrogen-bond donors (Lipinski definition) is 0. The van der Waals surface area contributed by atoms with Gasteiger partial charge in [0.05, 0.1) is 0 Å². The van der Waals surface area contributed by atoms with Crippen molar-refractivity contribution in [1.29, 1.82) is 0 Å². The van der Waals surface area contributed by atoms with Gasteiger partial charge in [-0.1, -0.05) is 34.1 Å². The molecule has 0 N–H and O–H groups in total. The Morgan fingerprint density at radius 1 is 1.00 bits per heavy atom. The molecule has 1 unspecified atom stereocenters. The van der Waals surface area contributed by atoms with E-state index in [9.17, 15) is 0 Å². The second-order valence-electron chi connectivity index (χ2n) is 3.37. The lowest BCUT2D eigenvalue weighted by Crippen LogP contribution is -2.01. The maximum absolute atomic E-state index is 2.36. The third-order valence-corrected chi connectivity index (χ3v) is 1.96. The first-order valence-corrected chi connectivity index (χ1v) is 3.21. The van der Waals surface area contributed by atoms with E-state index in [1.165, 1.54) is 25.7 Å². The Morgan fingerprint density at radius 3 is 1.44 bits per heavy atom. The average molecular weight is 148 g/mol. The number of rotatable bonds is 0. The lowest BCUT2D eigenvalue weighted by atomic mass is 9.92. The zero-order valence-corrected chi connectivity index (χ0v) is 7.45. The summed E-state index contributed by atoms with van der Waals surface area (Å²) in [5, 5.41) is 0. The van der Waals surface area contributed by atoms with Crippen molar-refractivity contribution >= 4 is 9.90 Å². The summed E-state index contributed by atoms with van der Waals surface area (Å²) in [4.78, 5) is 0. The van der Waals surface area contributed by atoms with Gasteiger partial charge in [0.25, 0.3) is 0 Å². The fourth-order valence-electron chi connectivity index (χ4n) is 1.33. The molecule has 1 rings (SSSR count). The first-order valence-electron chi connectivity index (χ1n) is 3.21. The monoisotopic (exact) mass is 148 g/mol. The van der Waals surface area contributed by atoms with Gasteiger partial charge in [-0.25, -0.2) is 0 Å². The van der Waals surface area contributed by atoms with Crippen LogP contribution in [0.1, 0.15) is 47.0 Å². The largest absolute Gasteiger partial charge is 0.153 e. The summed E-state index contributed by atoms with van der Waals surface area (Å²) in [6.07, 6.45) is 5.83. The van der Waals surface area contributed by atoms with Gasteiger partial charge < -0.3 is 0 Å². The van der Waals surface area contributed by atoms with Gasteiger partial charge >= 0.3 is 0 Å². The van der Waals surface area contributed by atoms with Gasteiger partial charge in [-0.05, 0) is 18.3 Å². The van der Waals surface area contributed by atoms with Crippen molar-refractivity contribution < 1.29 is 0 Å². The Labute approximate surface area is 63.0 Å². The Morgan fingerprint density at radius 2 is 1.33 bits per heavy atom. The lowest BCUT2D eigenvalue weighted by molar-refractivity contribution is 0.382. The molecular formula is C8H21P. The van der Waals surface area contributed by atoms with Gasteiger partial charge in [0, 0.05) is 0 Å². The van der Waals surface area contributed by atoms with Crippen molar-refractivity contribution in [3.8, 4) is 0 Å². The van der Waals surface area contributed by atoms with Crippen LogP contribution in [-0.4, -0.2) is 0 Å². The van der Waals surface area contributed by atoms with Crippen LogP contribution in [0.5, 0.6) is 0 Å². The maximum atomic E-state index is 2.36. The minimum Gasteiger partial charge on any atom is -0.153 e. The van der Waals surface area contributed by atoms with E-state index in [-0.39, 0.29) is 17.3 Å². The van der Waals surface area contributed by atoms with E-state index in [1.54, 1.807) is 0 Å². The summed E-state index contributed by atoms with van der Waals surface area (Å²) in [6, 6.07) is 0. The van der Waals surface area contributed by atoms with Crippen molar-refractivity contribution in [3.63, 3.8) is 0 Å². The van der Waals surface area contributed by atoms with Gasteiger partial charge in [-0.2, -0.15) is 9.90 Å². The highest BCUT2D eigenvalue weighted by atomic mass is 31.0. The predicted octanol–water partition coefficient (Wildman–Crippen LogP) is 3.28. The first kappa shape index (κ1) is 12.1. The highest BCUT2D eigenvalue weighted by molar-refractivity contribution is 6.92. The molecular weight excluding hydrogens is 127 g/mol. The normalized spacial score (nSPS) is 22.0. The van der Waals surface area contributed by atoms with Crippen LogP contribution in [0.2, 0.25) is 0 Å². The predicted molar refractivity (Wildman–Crippen MR) is 50.1 cm³/mol. The molecule has 0 aromatic rings. The summed E-state index contributed by atoms with van der Waals surface area (Å²) >= 11 is 0. The molecule has 0 amide bonds. The Hall–Kier alpha value is 0.430. The minimum absolute atomic E-state index is 0. The molecule has 0 aromatic heterocycles. The van der Waals surface area contributed by atoms with Gasteiger partial charge in [-0.3, -0.25) is 0 Å². The molecule has 0 spiro atoms.